The number of carbonyl (C=O) groups is 3. The summed E-state index contributed by atoms with van der Waals surface area (Å²) < 4.78 is 16.7. The van der Waals surface area contributed by atoms with E-state index in [-0.39, 0.29) is 37.5 Å². The van der Waals surface area contributed by atoms with Gasteiger partial charge in [0.15, 0.2) is 6.10 Å². The molecule has 0 aromatic rings. The largest absolute Gasteiger partial charge is 0.462 e. The van der Waals surface area contributed by atoms with E-state index in [1.165, 1.54) is 19.3 Å². The van der Waals surface area contributed by atoms with Crippen molar-refractivity contribution in [2.45, 2.75) is 194 Å². The highest BCUT2D eigenvalue weighted by Crippen LogP contribution is 2.12. The van der Waals surface area contributed by atoms with E-state index in [9.17, 15) is 14.4 Å². The second-order valence-corrected chi connectivity index (χ2v) is 15.4. The zero-order valence-electron chi connectivity index (χ0n) is 38.9. The lowest BCUT2D eigenvalue weighted by molar-refractivity contribution is -0.167. The molecule has 0 fully saturated rings. The van der Waals surface area contributed by atoms with Gasteiger partial charge in [-0.05, 0) is 89.9 Å². The summed E-state index contributed by atoms with van der Waals surface area (Å²) in [4.78, 5) is 37.9. The Hall–Kier alpha value is -4.19. The van der Waals surface area contributed by atoms with Crippen LogP contribution in [0.2, 0.25) is 0 Å². The van der Waals surface area contributed by atoms with E-state index >= 15 is 0 Å². The minimum absolute atomic E-state index is 0.114. The average Bonchev–Trinajstić information content (AvgIpc) is 3.26. The SMILES string of the molecule is CC\C=C/C=C\C=C/C=C\CCCCCC(=O)OC(COC(=O)CCCCCCC\C=C/C=C\C=C/C=C\CCCCC)COC(=O)CCCCCCC/C=C\C/C=C\CC. The van der Waals surface area contributed by atoms with E-state index < -0.39 is 6.10 Å². The van der Waals surface area contributed by atoms with E-state index in [0.29, 0.717) is 19.3 Å². The molecule has 0 aliphatic rings. The Bertz CT molecular complexity index is 1340. The quantitative estimate of drug-likeness (QED) is 0.0201. The van der Waals surface area contributed by atoms with Crippen molar-refractivity contribution in [3.63, 3.8) is 0 Å². The van der Waals surface area contributed by atoms with Crippen molar-refractivity contribution >= 4 is 17.9 Å². The van der Waals surface area contributed by atoms with Crippen LogP contribution >= 0.6 is 0 Å². The number of allylic oxidation sites excluding steroid dienone is 20. The molecule has 0 saturated heterocycles. The van der Waals surface area contributed by atoms with Gasteiger partial charge < -0.3 is 14.2 Å². The van der Waals surface area contributed by atoms with Crippen LogP contribution in [0.1, 0.15) is 188 Å². The van der Waals surface area contributed by atoms with Gasteiger partial charge in [0.2, 0.25) is 0 Å². The van der Waals surface area contributed by atoms with Crippen LogP contribution in [0.3, 0.4) is 0 Å². The summed E-state index contributed by atoms with van der Waals surface area (Å²) in [6.45, 7) is 6.25. The number of hydrogen-bond donors (Lipinski definition) is 0. The maximum atomic E-state index is 12.7. The monoisotopic (exact) mass is 843 g/mol. The normalized spacial score (nSPS) is 13.2. The van der Waals surface area contributed by atoms with Crippen LogP contribution in [-0.2, 0) is 28.6 Å². The second kappa shape index (κ2) is 48.5. The van der Waals surface area contributed by atoms with Gasteiger partial charge in [-0.1, -0.05) is 200 Å². The summed E-state index contributed by atoms with van der Waals surface area (Å²) >= 11 is 0. The average molecular weight is 843 g/mol. The van der Waals surface area contributed by atoms with Crippen molar-refractivity contribution in [1.82, 2.24) is 0 Å². The minimum atomic E-state index is -0.816. The third kappa shape index (κ3) is 46.7. The summed E-state index contributed by atoms with van der Waals surface area (Å²) in [5, 5.41) is 0. The van der Waals surface area contributed by atoms with E-state index in [4.69, 9.17) is 14.2 Å². The number of ether oxygens (including phenoxy) is 3. The van der Waals surface area contributed by atoms with Crippen molar-refractivity contribution in [2.24, 2.45) is 0 Å². The molecular formula is C55H86O6. The van der Waals surface area contributed by atoms with Crippen molar-refractivity contribution in [3.05, 3.63) is 122 Å². The van der Waals surface area contributed by atoms with Crippen LogP contribution in [0, 0.1) is 0 Å². The van der Waals surface area contributed by atoms with Gasteiger partial charge in [0, 0.05) is 19.3 Å². The van der Waals surface area contributed by atoms with Crippen molar-refractivity contribution in [2.75, 3.05) is 13.2 Å². The molecule has 0 bridgehead atoms. The smallest absolute Gasteiger partial charge is 0.306 e. The lowest BCUT2D eigenvalue weighted by Crippen LogP contribution is -2.30. The lowest BCUT2D eigenvalue weighted by atomic mass is 10.1. The highest BCUT2D eigenvalue weighted by atomic mass is 16.6. The van der Waals surface area contributed by atoms with Gasteiger partial charge in [-0.3, -0.25) is 14.4 Å². The Labute approximate surface area is 373 Å². The molecule has 0 heterocycles. The number of rotatable bonds is 41. The molecule has 1 atom stereocenters. The number of hydrogen-bond acceptors (Lipinski definition) is 6. The lowest BCUT2D eigenvalue weighted by Gasteiger charge is -2.18. The Kier molecular flexibility index (Phi) is 45.1. The first kappa shape index (κ1) is 56.8. The summed E-state index contributed by atoms with van der Waals surface area (Å²) in [7, 11) is 0. The van der Waals surface area contributed by atoms with Crippen LogP contribution in [0.15, 0.2) is 122 Å². The topological polar surface area (TPSA) is 78.9 Å². The van der Waals surface area contributed by atoms with E-state index in [2.05, 4.69) is 106 Å². The first-order chi connectivity index (χ1) is 30.0. The molecule has 1 unspecified atom stereocenters. The molecule has 0 radical (unpaired) electrons. The number of esters is 3. The highest BCUT2D eigenvalue weighted by molar-refractivity contribution is 5.71. The third-order valence-electron chi connectivity index (χ3n) is 9.62. The summed E-state index contributed by atoms with van der Waals surface area (Å²) in [6.07, 6.45) is 66.1. The molecule has 0 saturated carbocycles. The number of unbranched alkanes of at least 4 members (excludes halogenated alkanes) is 16. The number of carbonyl (C=O) groups excluding carboxylic acids is 3. The van der Waals surface area contributed by atoms with Crippen molar-refractivity contribution < 1.29 is 28.6 Å². The Morgan fingerprint density at radius 3 is 1.20 bits per heavy atom. The second-order valence-electron chi connectivity index (χ2n) is 15.4. The van der Waals surface area contributed by atoms with Crippen LogP contribution in [-0.4, -0.2) is 37.2 Å². The van der Waals surface area contributed by atoms with Crippen LogP contribution in [0.25, 0.3) is 0 Å². The molecule has 61 heavy (non-hydrogen) atoms. The fourth-order valence-electron chi connectivity index (χ4n) is 6.03. The van der Waals surface area contributed by atoms with Crippen molar-refractivity contribution in [3.8, 4) is 0 Å². The van der Waals surface area contributed by atoms with E-state index in [1.54, 1.807) is 0 Å². The molecule has 0 rings (SSSR count). The maximum Gasteiger partial charge on any atom is 0.306 e. The predicted octanol–water partition coefficient (Wildman–Crippen LogP) is 15.7. The first-order valence-corrected chi connectivity index (χ1v) is 24.1. The molecule has 342 valence electrons. The zero-order chi connectivity index (χ0) is 44.4. The molecule has 0 aromatic carbocycles. The van der Waals surface area contributed by atoms with Gasteiger partial charge in [0.1, 0.15) is 13.2 Å². The Morgan fingerprint density at radius 1 is 0.361 bits per heavy atom. The van der Waals surface area contributed by atoms with Gasteiger partial charge in [0.25, 0.3) is 0 Å². The van der Waals surface area contributed by atoms with Gasteiger partial charge in [0.05, 0.1) is 0 Å². The van der Waals surface area contributed by atoms with E-state index in [0.717, 1.165) is 122 Å². The first-order valence-electron chi connectivity index (χ1n) is 24.1. The van der Waals surface area contributed by atoms with E-state index in [1.807, 2.05) is 36.5 Å². The van der Waals surface area contributed by atoms with Gasteiger partial charge in [-0.15, -0.1) is 0 Å². The Morgan fingerprint density at radius 2 is 0.721 bits per heavy atom. The minimum Gasteiger partial charge on any atom is -0.462 e. The van der Waals surface area contributed by atoms with Crippen LogP contribution in [0.5, 0.6) is 0 Å². The molecule has 0 spiro atoms. The molecule has 0 aliphatic heterocycles. The molecule has 0 aliphatic carbocycles. The molecular weight excluding hydrogens is 757 g/mol. The Balaban J connectivity index is 4.52. The summed E-state index contributed by atoms with van der Waals surface area (Å²) in [6, 6.07) is 0. The third-order valence-corrected chi connectivity index (χ3v) is 9.62. The predicted molar refractivity (Wildman–Crippen MR) is 260 cm³/mol. The van der Waals surface area contributed by atoms with Gasteiger partial charge in [-0.25, -0.2) is 0 Å². The summed E-state index contributed by atoms with van der Waals surface area (Å²) in [5.74, 6) is -1.00. The molecule has 0 N–H and O–H groups in total. The maximum absolute atomic E-state index is 12.7. The van der Waals surface area contributed by atoms with Crippen molar-refractivity contribution in [1.29, 1.82) is 0 Å². The van der Waals surface area contributed by atoms with Gasteiger partial charge >= 0.3 is 17.9 Å². The van der Waals surface area contributed by atoms with Crippen LogP contribution in [0.4, 0.5) is 0 Å². The highest BCUT2D eigenvalue weighted by Gasteiger charge is 2.19. The summed E-state index contributed by atoms with van der Waals surface area (Å²) in [5.41, 5.74) is 0. The fourth-order valence-corrected chi connectivity index (χ4v) is 6.03. The molecule has 0 aromatic heterocycles. The fraction of sp³-hybridized carbons (Fsp3) is 0.582. The standard InChI is InChI=1S/C55H86O6/c1-4-7-10-13-16-19-22-25-26-27-28-29-31-33-36-39-42-45-48-54(57)60-51-52(50-59-53(56)47-44-41-38-35-32-24-21-18-15-12-9-6-3)61-55(58)49-46-43-40-37-34-30-23-20-17-14-11-8-5-2/h8-9,11-12,14,16-23,25-30,34,52H,4-7,10,13,15,24,31-33,35-51H2,1-3H3/b11-8-,12-9-,17-14-,19-16-,21-18-,23-20-,25-22-,27-26-,29-28-,34-30-. The molecule has 6 heteroatoms. The molecule has 6 nitrogen and oxygen atoms in total. The van der Waals surface area contributed by atoms with Gasteiger partial charge in [-0.2, -0.15) is 0 Å². The zero-order valence-corrected chi connectivity index (χ0v) is 38.9. The molecule has 0 amide bonds. The van der Waals surface area contributed by atoms with Crippen LogP contribution < -0.4 is 0 Å².